The highest BCUT2D eigenvalue weighted by Gasteiger charge is 2.19. The van der Waals surface area contributed by atoms with Crippen LogP contribution in [0.4, 0.5) is 5.69 Å². The van der Waals surface area contributed by atoms with E-state index in [-0.39, 0.29) is 11.7 Å². The van der Waals surface area contributed by atoms with Crippen molar-refractivity contribution in [2.75, 3.05) is 31.1 Å². The molecule has 1 amide bonds. The second-order valence-corrected chi connectivity index (χ2v) is 7.24. The van der Waals surface area contributed by atoms with E-state index >= 15 is 0 Å². The van der Waals surface area contributed by atoms with Crippen molar-refractivity contribution in [3.8, 4) is 0 Å². The van der Waals surface area contributed by atoms with E-state index in [1.54, 1.807) is 31.2 Å². The summed E-state index contributed by atoms with van der Waals surface area (Å²) in [5.41, 5.74) is 2.61. The second kappa shape index (κ2) is 8.59. The van der Waals surface area contributed by atoms with Crippen molar-refractivity contribution in [1.29, 1.82) is 0 Å². The quantitative estimate of drug-likeness (QED) is 0.555. The van der Waals surface area contributed by atoms with Crippen LogP contribution in [0.5, 0.6) is 0 Å². The Hall–Kier alpha value is -2.30. The van der Waals surface area contributed by atoms with Crippen LogP contribution in [-0.2, 0) is 4.79 Å². The van der Waals surface area contributed by atoms with Gasteiger partial charge in [0, 0.05) is 43.5 Å². The van der Waals surface area contributed by atoms with Crippen LogP contribution in [0.15, 0.2) is 48.5 Å². The summed E-state index contributed by atoms with van der Waals surface area (Å²) in [5.74, 6) is 0.0402. The molecule has 1 fully saturated rings. The molecule has 2 aromatic carbocycles. The summed E-state index contributed by atoms with van der Waals surface area (Å²) in [6, 6.07) is 12.9. The molecule has 1 heterocycles. The number of anilines is 1. The van der Waals surface area contributed by atoms with Crippen molar-refractivity contribution in [2.45, 2.75) is 6.92 Å². The number of rotatable bonds is 4. The second-order valence-electron chi connectivity index (χ2n) is 6.42. The van der Waals surface area contributed by atoms with E-state index in [2.05, 4.69) is 4.90 Å². The Labute approximate surface area is 169 Å². The summed E-state index contributed by atoms with van der Waals surface area (Å²) < 4.78 is 0. The Balaban J connectivity index is 1.56. The average molecular weight is 403 g/mol. The van der Waals surface area contributed by atoms with Gasteiger partial charge in [0.15, 0.2) is 5.78 Å². The minimum atomic E-state index is -0.0207. The Morgan fingerprint density at radius 3 is 2.19 bits per heavy atom. The lowest BCUT2D eigenvalue weighted by Crippen LogP contribution is -2.48. The molecule has 2 aromatic rings. The lowest BCUT2D eigenvalue weighted by atomic mass is 10.1. The van der Waals surface area contributed by atoms with Crippen LogP contribution in [0.25, 0.3) is 6.08 Å². The Morgan fingerprint density at radius 1 is 0.926 bits per heavy atom. The van der Waals surface area contributed by atoms with Gasteiger partial charge in [0.1, 0.15) is 0 Å². The van der Waals surface area contributed by atoms with Gasteiger partial charge in [-0.1, -0.05) is 29.3 Å². The summed E-state index contributed by atoms with van der Waals surface area (Å²) in [4.78, 5) is 27.8. The molecule has 0 aliphatic carbocycles. The zero-order valence-corrected chi connectivity index (χ0v) is 16.5. The number of piperazine rings is 1. The van der Waals surface area contributed by atoms with Crippen LogP contribution >= 0.6 is 23.2 Å². The van der Waals surface area contributed by atoms with Crippen molar-refractivity contribution in [3.63, 3.8) is 0 Å². The monoisotopic (exact) mass is 402 g/mol. The molecular formula is C21H20Cl2N2O2. The predicted molar refractivity (Wildman–Crippen MR) is 111 cm³/mol. The number of hydrogen-bond donors (Lipinski definition) is 0. The van der Waals surface area contributed by atoms with Crippen molar-refractivity contribution >= 4 is 46.7 Å². The molecule has 6 heteroatoms. The zero-order chi connectivity index (χ0) is 19.4. The number of halogens is 2. The third kappa shape index (κ3) is 4.90. The molecule has 27 heavy (non-hydrogen) atoms. The molecule has 140 valence electrons. The zero-order valence-electron chi connectivity index (χ0n) is 15.0. The van der Waals surface area contributed by atoms with Gasteiger partial charge >= 0.3 is 0 Å². The SMILES string of the molecule is CC(=O)c1ccc(N2CCN(C(=O)/C=C/c3ccc(Cl)c(Cl)c3)CC2)cc1. The summed E-state index contributed by atoms with van der Waals surface area (Å²) in [6.45, 7) is 4.38. The molecule has 3 rings (SSSR count). The highest BCUT2D eigenvalue weighted by molar-refractivity contribution is 6.42. The summed E-state index contributed by atoms with van der Waals surface area (Å²) >= 11 is 11.9. The molecule has 0 unspecified atom stereocenters. The first-order valence-electron chi connectivity index (χ1n) is 8.72. The number of ketones is 1. The largest absolute Gasteiger partial charge is 0.368 e. The third-order valence-electron chi connectivity index (χ3n) is 4.59. The van der Waals surface area contributed by atoms with Gasteiger partial charge in [-0.15, -0.1) is 0 Å². The molecule has 4 nitrogen and oxygen atoms in total. The van der Waals surface area contributed by atoms with Crippen molar-refractivity contribution < 1.29 is 9.59 Å². The number of carbonyl (C=O) groups is 2. The smallest absolute Gasteiger partial charge is 0.246 e. The highest BCUT2D eigenvalue weighted by Crippen LogP contribution is 2.23. The number of carbonyl (C=O) groups excluding carboxylic acids is 2. The molecule has 0 aromatic heterocycles. The minimum Gasteiger partial charge on any atom is -0.368 e. The van der Waals surface area contributed by atoms with Crippen LogP contribution in [0.1, 0.15) is 22.8 Å². The molecule has 0 radical (unpaired) electrons. The first-order valence-corrected chi connectivity index (χ1v) is 9.47. The topological polar surface area (TPSA) is 40.6 Å². The van der Waals surface area contributed by atoms with Gasteiger partial charge in [0.2, 0.25) is 5.91 Å². The van der Waals surface area contributed by atoms with E-state index in [4.69, 9.17) is 23.2 Å². The van der Waals surface area contributed by atoms with Crippen LogP contribution in [0, 0.1) is 0 Å². The van der Waals surface area contributed by atoms with Crippen molar-refractivity contribution in [1.82, 2.24) is 4.90 Å². The number of Topliss-reactive ketones (excluding diaryl/α,β-unsaturated/α-hetero) is 1. The molecule has 0 saturated carbocycles. The van der Waals surface area contributed by atoms with Crippen LogP contribution in [0.3, 0.4) is 0 Å². The molecular weight excluding hydrogens is 383 g/mol. The van der Waals surface area contributed by atoms with Crippen LogP contribution in [-0.4, -0.2) is 42.8 Å². The Bertz CT molecular complexity index is 870. The fraction of sp³-hybridized carbons (Fsp3) is 0.238. The summed E-state index contributed by atoms with van der Waals surface area (Å²) in [7, 11) is 0. The van der Waals surface area contributed by atoms with E-state index in [0.717, 1.165) is 24.3 Å². The van der Waals surface area contributed by atoms with Crippen molar-refractivity contribution in [2.24, 2.45) is 0 Å². The van der Waals surface area contributed by atoms with E-state index < -0.39 is 0 Å². The van der Waals surface area contributed by atoms with Gasteiger partial charge in [-0.05, 0) is 55.0 Å². The molecule has 0 atom stereocenters. The van der Waals surface area contributed by atoms with E-state index in [9.17, 15) is 9.59 Å². The van der Waals surface area contributed by atoms with Gasteiger partial charge < -0.3 is 9.80 Å². The van der Waals surface area contributed by atoms with Gasteiger partial charge in [-0.3, -0.25) is 9.59 Å². The van der Waals surface area contributed by atoms with Gasteiger partial charge in [-0.2, -0.15) is 0 Å². The third-order valence-corrected chi connectivity index (χ3v) is 5.33. The molecule has 0 bridgehead atoms. The Kier molecular flexibility index (Phi) is 6.19. The maximum Gasteiger partial charge on any atom is 0.246 e. The lowest BCUT2D eigenvalue weighted by Gasteiger charge is -2.35. The normalized spacial score (nSPS) is 14.6. The predicted octanol–water partition coefficient (Wildman–Crippen LogP) is 4.56. The summed E-state index contributed by atoms with van der Waals surface area (Å²) in [6.07, 6.45) is 3.31. The van der Waals surface area contributed by atoms with E-state index in [1.807, 2.05) is 35.2 Å². The molecule has 0 N–H and O–H groups in total. The summed E-state index contributed by atoms with van der Waals surface area (Å²) in [5, 5.41) is 0.961. The molecule has 0 spiro atoms. The number of nitrogens with zero attached hydrogens (tertiary/aromatic N) is 2. The van der Waals surface area contributed by atoms with Crippen LogP contribution < -0.4 is 4.90 Å². The lowest BCUT2D eigenvalue weighted by molar-refractivity contribution is -0.126. The molecule has 1 aliphatic rings. The minimum absolute atomic E-state index is 0.0207. The number of benzene rings is 2. The van der Waals surface area contributed by atoms with E-state index in [0.29, 0.717) is 28.7 Å². The van der Waals surface area contributed by atoms with Crippen LogP contribution in [0.2, 0.25) is 10.0 Å². The highest BCUT2D eigenvalue weighted by atomic mass is 35.5. The number of hydrogen-bond acceptors (Lipinski definition) is 3. The first kappa shape index (κ1) is 19.5. The van der Waals surface area contributed by atoms with E-state index in [1.165, 1.54) is 0 Å². The standard InChI is InChI=1S/C21H20Cl2N2O2/c1-15(26)17-4-6-18(7-5-17)24-10-12-25(13-11-24)21(27)9-3-16-2-8-19(22)20(23)14-16/h2-9,14H,10-13H2,1H3/b9-3+. The van der Waals surface area contributed by atoms with Gasteiger partial charge in [-0.25, -0.2) is 0 Å². The van der Waals surface area contributed by atoms with Gasteiger partial charge in [0.25, 0.3) is 0 Å². The van der Waals surface area contributed by atoms with Crippen molar-refractivity contribution in [3.05, 3.63) is 69.7 Å². The number of amides is 1. The fourth-order valence-electron chi connectivity index (χ4n) is 2.98. The Morgan fingerprint density at radius 2 is 1.59 bits per heavy atom. The fourth-order valence-corrected chi connectivity index (χ4v) is 3.29. The maximum absolute atomic E-state index is 12.4. The first-order chi connectivity index (χ1) is 12.9. The van der Waals surface area contributed by atoms with Gasteiger partial charge in [0.05, 0.1) is 10.0 Å². The molecule has 1 aliphatic heterocycles. The maximum atomic E-state index is 12.4. The molecule has 1 saturated heterocycles. The average Bonchev–Trinajstić information content (AvgIpc) is 2.69.